The van der Waals surface area contributed by atoms with Crippen LogP contribution in [-0.4, -0.2) is 15.8 Å². The lowest BCUT2D eigenvalue weighted by Crippen LogP contribution is -2.08. The number of carbonyl (C=O) groups excluding carboxylic acids is 1. The molecule has 98 valence electrons. The molecule has 20 heavy (non-hydrogen) atoms. The number of ketones is 1. The molecule has 4 rings (SSSR count). The highest BCUT2D eigenvalue weighted by Crippen LogP contribution is 2.35. The van der Waals surface area contributed by atoms with E-state index in [2.05, 4.69) is 16.0 Å². The Hall–Kier alpha value is -2.07. The third kappa shape index (κ3) is 1.76. The number of fused-ring (bicyclic) bond motifs is 2. The van der Waals surface area contributed by atoms with Crippen molar-refractivity contribution in [3.8, 4) is 10.6 Å². The summed E-state index contributed by atoms with van der Waals surface area (Å²) in [5.74, 6) is 0.187. The van der Waals surface area contributed by atoms with Gasteiger partial charge in [0.25, 0.3) is 0 Å². The number of aryl methyl sites for hydroxylation is 1. The summed E-state index contributed by atoms with van der Waals surface area (Å²) < 4.78 is 0. The van der Waals surface area contributed by atoms with E-state index >= 15 is 0 Å². The minimum atomic E-state index is 0.187. The number of nitrogens with zero attached hydrogens (tertiary/aromatic N) is 2. The molecule has 0 N–H and O–H groups in total. The largest absolute Gasteiger partial charge is 0.292 e. The molecule has 0 unspecified atom stereocenters. The Morgan fingerprint density at radius 1 is 1.10 bits per heavy atom. The van der Waals surface area contributed by atoms with Crippen molar-refractivity contribution >= 4 is 28.0 Å². The van der Waals surface area contributed by atoms with Gasteiger partial charge in [0.05, 0.1) is 5.52 Å². The standard InChI is InChI=1S/C16H12N2OS/c19-13-6-3-7-14-15(13)18-16(20-14)11-8-9-17-12-5-2-1-4-10(11)12/h1-2,4-5,8-9H,3,6-7H2. The van der Waals surface area contributed by atoms with Gasteiger partial charge in [-0.05, 0) is 25.0 Å². The minimum Gasteiger partial charge on any atom is -0.292 e. The summed E-state index contributed by atoms with van der Waals surface area (Å²) in [6.07, 6.45) is 4.36. The zero-order valence-corrected chi connectivity index (χ0v) is 11.6. The molecule has 4 heteroatoms. The molecular formula is C16H12N2OS. The quantitative estimate of drug-likeness (QED) is 0.679. The van der Waals surface area contributed by atoms with Crippen LogP contribution < -0.4 is 0 Å². The van der Waals surface area contributed by atoms with Crippen LogP contribution >= 0.6 is 11.3 Å². The smallest absolute Gasteiger partial charge is 0.182 e. The van der Waals surface area contributed by atoms with Crippen LogP contribution in [0.2, 0.25) is 0 Å². The van der Waals surface area contributed by atoms with Gasteiger partial charge in [0.15, 0.2) is 5.78 Å². The molecule has 0 atom stereocenters. The summed E-state index contributed by atoms with van der Waals surface area (Å²) in [5, 5.41) is 2.03. The van der Waals surface area contributed by atoms with Crippen molar-refractivity contribution in [1.82, 2.24) is 9.97 Å². The number of carbonyl (C=O) groups is 1. The summed E-state index contributed by atoms with van der Waals surface area (Å²) >= 11 is 1.65. The number of benzene rings is 1. The van der Waals surface area contributed by atoms with Crippen LogP contribution in [0.15, 0.2) is 36.5 Å². The van der Waals surface area contributed by atoms with Crippen molar-refractivity contribution < 1.29 is 4.79 Å². The molecule has 3 nitrogen and oxygen atoms in total. The van der Waals surface area contributed by atoms with Crippen LogP contribution in [-0.2, 0) is 6.42 Å². The third-order valence-electron chi connectivity index (χ3n) is 3.65. The maximum atomic E-state index is 11.9. The first-order valence-electron chi connectivity index (χ1n) is 6.70. The number of aromatic nitrogens is 2. The fourth-order valence-corrected chi connectivity index (χ4v) is 3.83. The van der Waals surface area contributed by atoms with E-state index in [0.29, 0.717) is 12.1 Å². The Labute approximate surface area is 120 Å². The molecule has 2 aromatic heterocycles. The molecule has 1 aliphatic carbocycles. The normalized spacial score (nSPS) is 14.5. The van der Waals surface area contributed by atoms with Crippen molar-refractivity contribution in [2.75, 3.05) is 0 Å². The Kier molecular flexibility index (Phi) is 2.63. The average molecular weight is 280 g/mol. The molecule has 1 aliphatic rings. The van der Waals surface area contributed by atoms with E-state index in [4.69, 9.17) is 0 Å². The van der Waals surface area contributed by atoms with Gasteiger partial charge in [-0.2, -0.15) is 0 Å². The lowest BCUT2D eigenvalue weighted by atomic mass is 10.0. The van der Waals surface area contributed by atoms with E-state index in [1.807, 2.05) is 24.3 Å². The van der Waals surface area contributed by atoms with Crippen molar-refractivity contribution in [1.29, 1.82) is 0 Å². The van der Waals surface area contributed by atoms with Crippen molar-refractivity contribution in [2.24, 2.45) is 0 Å². The molecule has 0 aliphatic heterocycles. The second kappa shape index (κ2) is 4.49. The fraction of sp³-hybridized carbons (Fsp3) is 0.188. The monoisotopic (exact) mass is 280 g/mol. The molecule has 0 radical (unpaired) electrons. The number of thiazole rings is 1. The molecule has 0 fully saturated rings. The van der Waals surface area contributed by atoms with Crippen LogP contribution in [0, 0.1) is 0 Å². The molecule has 0 spiro atoms. The Balaban J connectivity index is 1.94. The van der Waals surface area contributed by atoms with E-state index < -0.39 is 0 Å². The van der Waals surface area contributed by atoms with E-state index in [1.54, 1.807) is 17.5 Å². The first-order valence-corrected chi connectivity index (χ1v) is 7.51. The first-order chi connectivity index (χ1) is 9.83. The van der Waals surface area contributed by atoms with Gasteiger partial charge >= 0.3 is 0 Å². The summed E-state index contributed by atoms with van der Waals surface area (Å²) in [6, 6.07) is 10.0. The molecule has 3 aromatic rings. The predicted molar refractivity (Wildman–Crippen MR) is 80.1 cm³/mol. The number of Topliss-reactive ketones (excluding diaryl/α,β-unsaturated/α-hetero) is 1. The number of pyridine rings is 1. The Morgan fingerprint density at radius 2 is 2.00 bits per heavy atom. The SMILES string of the molecule is O=C1CCCc2sc(-c3ccnc4ccccc34)nc21. The van der Waals surface area contributed by atoms with Gasteiger partial charge in [-0.1, -0.05) is 18.2 Å². The van der Waals surface area contributed by atoms with Gasteiger partial charge in [0, 0.05) is 28.4 Å². The van der Waals surface area contributed by atoms with Crippen LogP contribution in [0.4, 0.5) is 0 Å². The molecule has 0 amide bonds. The Bertz CT molecular complexity index is 817. The highest BCUT2D eigenvalue weighted by atomic mass is 32.1. The molecule has 0 bridgehead atoms. The highest BCUT2D eigenvalue weighted by Gasteiger charge is 2.23. The number of rotatable bonds is 1. The molecular weight excluding hydrogens is 268 g/mol. The van der Waals surface area contributed by atoms with Gasteiger partial charge < -0.3 is 0 Å². The Morgan fingerprint density at radius 3 is 2.90 bits per heavy atom. The molecule has 1 aromatic carbocycles. The maximum Gasteiger partial charge on any atom is 0.182 e. The average Bonchev–Trinajstić information content (AvgIpc) is 2.92. The van der Waals surface area contributed by atoms with E-state index in [1.165, 1.54) is 0 Å². The first kappa shape index (κ1) is 11.7. The van der Waals surface area contributed by atoms with E-state index in [0.717, 1.165) is 39.2 Å². The van der Waals surface area contributed by atoms with Crippen LogP contribution in [0.1, 0.15) is 28.2 Å². The van der Waals surface area contributed by atoms with E-state index in [-0.39, 0.29) is 5.78 Å². The molecule has 0 saturated heterocycles. The minimum absolute atomic E-state index is 0.187. The van der Waals surface area contributed by atoms with Gasteiger partial charge in [0.2, 0.25) is 0 Å². The van der Waals surface area contributed by atoms with Crippen molar-refractivity contribution in [3.05, 3.63) is 47.1 Å². The van der Waals surface area contributed by atoms with Gasteiger partial charge in [0.1, 0.15) is 10.7 Å². The third-order valence-corrected chi connectivity index (χ3v) is 4.80. The van der Waals surface area contributed by atoms with E-state index in [9.17, 15) is 4.79 Å². The van der Waals surface area contributed by atoms with Crippen LogP contribution in [0.3, 0.4) is 0 Å². The molecule has 2 heterocycles. The van der Waals surface area contributed by atoms with Gasteiger partial charge in [-0.15, -0.1) is 11.3 Å². The van der Waals surface area contributed by atoms with Gasteiger partial charge in [-0.25, -0.2) is 4.98 Å². The highest BCUT2D eigenvalue weighted by molar-refractivity contribution is 7.15. The van der Waals surface area contributed by atoms with Crippen molar-refractivity contribution in [3.63, 3.8) is 0 Å². The van der Waals surface area contributed by atoms with Crippen LogP contribution in [0.5, 0.6) is 0 Å². The number of para-hydroxylation sites is 1. The fourth-order valence-electron chi connectivity index (χ4n) is 2.66. The zero-order chi connectivity index (χ0) is 13.5. The molecule has 0 saturated carbocycles. The zero-order valence-electron chi connectivity index (χ0n) is 10.8. The second-order valence-electron chi connectivity index (χ2n) is 4.94. The summed E-state index contributed by atoms with van der Waals surface area (Å²) in [4.78, 5) is 22.0. The number of hydrogen-bond donors (Lipinski definition) is 0. The maximum absolute atomic E-state index is 11.9. The predicted octanol–water partition coefficient (Wildman–Crippen LogP) is 3.88. The van der Waals surface area contributed by atoms with Gasteiger partial charge in [-0.3, -0.25) is 9.78 Å². The summed E-state index contributed by atoms with van der Waals surface area (Å²) in [5.41, 5.74) is 2.73. The summed E-state index contributed by atoms with van der Waals surface area (Å²) in [7, 11) is 0. The lowest BCUT2D eigenvalue weighted by molar-refractivity contribution is 0.0968. The second-order valence-corrected chi connectivity index (χ2v) is 6.03. The summed E-state index contributed by atoms with van der Waals surface area (Å²) in [6.45, 7) is 0. The topological polar surface area (TPSA) is 42.9 Å². The number of hydrogen-bond acceptors (Lipinski definition) is 4. The lowest BCUT2D eigenvalue weighted by Gasteiger charge is -2.06. The van der Waals surface area contributed by atoms with Crippen LogP contribution in [0.25, 0.3) is 21.5 Å². The van der Waals surface area contributed by atoms with Crippen molar-refractivity contribution in [2.45, 2.75) is 19.3 Å².